The van der Waals surface area contributed by atoms with E-state index in [-0.39, 0.29) is 18.0 Å². The first-order valence-corrected chi connectivity index (χ1v) is 14.2. The zero-order valence-electron chi connectivity index (χ0n) is 21.5. The van der Waals surface area contributed by atoms with E-state index in [0.717, 1.165) is 17.1 Å². The molecule has 200 valence electrons. The number of benzene rings is 1. The van der Waals surface area contributed by atoms with Crippen LogP contribution in [0.1, 0.15) is 53.9 Å². The Morgan fingerprint density at radius 3 is 2.47 bits per heavy atom. The Balaban J connectivity index is 1.80. The maximum atomic E-state index is 13.2. The molecule has 1 heterocycles. The number of thioether (sulfide) groups is 1. The van der Waals surface area contributed by atoms with Gasteiger partial charge in [-0.15, -0.1) is 0 Å². The maximum Gasteiger partial charge on any atom is 0.407 e. The number of carbonyl (C=O) groups excluding carboxylic acids is 1. The lowest BCUT2D eigenvalue weighted by Gasteiger charge is -2.42. The fraction of sp³-hybridized carbons (Fsp3) is 0.600. The van der Waals surface area contributed by atoms with Gasteiger partial charge in [0, 0.05) is 30.0 Å². The molecule has 1 aromatic carbocycles. The van der Waals surface area contributed by atoms with Gasteiger partial charge in [0.2, 0.25) is 10.0 Å². The summed E-state index contributed by atoms with van der Waals surface area (Å²) >= 11 is 1.45. The third-order valence-electron chi connectivity index (χ3n) is 5.23. The number of hydrogen-bond donors (Lipinski definition) is 2. The summed E-state index contributed by atoms with van der Waals surface area (Å²) in [4.78, 5) is 23.4. The van der Waals surface area contributed by atoms with Gasteiger partial charge in [0.1, 0.15) is 24.0 Å². The molecule has 2 rings (SSSR count). The SMILES string of the molecule is CC(C)(C)OC(=O)NCCCCC#CCOc1ccc(S(=O)(=O)N2CCSC(C)(C)[C@@H]2C(=O)O)cc1. The fourth-order valence-electron chi connectivity index (χ4n) is 3.58. The molecule has 0 spiro atoms. The highest BCUT2D eigenvalue weighted by Gasteiger charge is 2.48. The molecule has 0 unspecified atom stereocenters. The third-order valence-corrected chi connectivity index (χ3v) is 8.46. The van der Waals surface area contributed by atoms with Crippen molar-refractivity contribution < 1.29 is 32.6 Å². The molecule has 2 N–H and O–H groups in total. The van der Waals surface area contributed by atoms with E-state index in [4.69, 9.17) is 9.47 Å². The molecule has 1 amide bonds. The summed E-state index contributed by atoms with van der Waals surface area (Å²) < 4.78 is 37.4. The highest BCUT2D eigenvalue weighted by Crippen LogP contribution is 2.38. The minimum Gasteiger partial charge on any atom is -0.481 e. The van der Waals surface area contributed by atoms with Crippen molar-refractivity contribution in [3.8, 4) is 17.6 Å². The van der Waals surface area contributed by atoms with Gasteiger partial charge in [-0.25, -0.2) is 13.2 Å². The Morgan fingerprint density at radius 2 is 1.86 bits per heavy atom. The number of hydrogen-bond acceptors (Lipinski definition) is 7. The van der Waals surface area contributed by atoms with E-state index in [0.29, 0.717) is 24.5 Å². The maximum absolute atomic E-state index is 13.2. The minimum absolute atomic E-state index is 0.0230. The molecule has 1 fully saturated rings. The number of unbranched alkanes of at least 4 members (excludes halogenated alkanes) is 2. The molecule has 0 radical (unpaired) electrons. The lowest BCUT2D eigenvalue weighted by atomic mass is 10.0. The number of ether oxygens (including phenoxy) is 2. The van der Waals surface area contributed by atoms with E-state index in [1.165, 1.54) is 36.0 Å². The number of carboxylic acids is 1. The number of rotatable bonds is 9. The highest BCUT2D eigenvalue weighted by molar-refractivity contribution is 8.00. The van der Waals surface area contributed by atoms with E-state index >= 15 is 0 Å². The monoisotopic (exact) mass is 540 g/mol. The summed E-state index contributed by atoms with van der Waals surface area (Å²) in [6, 6.07) is 4.76. The molecule has 9 nitrogen and oxygen atoms in total. The van der Waals surface area contributed by atoms with Crippen LogP contribution in [0.25, 0.3) is 0 Å². The molecule has 36 heavy (non-hydrogen) atoms. The van der Waals surface area contributed by atoms with Crippen LogP contribution >= 0.6 is 11.8 Å². The number of nitrogens with zero attached hydrogens (tertiary/aromatic N) is 1. The molecule has 11 heteroatoms. The molecule has 0 aliphatic carbocycles. The summed E-state index contributed by atoms with van der Waals surface area (Å²) in [6.07, 6.45) is 1.83. The third kappa shape index (κ3) is 8.91. The van der Waals surface area contributed by atoms with Crippen molar-refractivity contribution in [3.63, 3.8) is 0 Å². The number of nitrogens with one attached hydrogen (secondary N) is 1. The number of carbonyl (C=O) groups is 2. The molecular weight excluding hydrogens is 504 g/mol. The van der Waals surface area contributed by atoms with Crippen LogP contribution in [0.3, 0.4) is 0 Å². The Hall–Kier alpha value is -2.42. The van der Waals surface area contributed by atoms with Crippen LogP contribution in [0.4, 0.5) is 4.79 Å². The number of amides is 1. The molecule has 1 atom stereocenters. The van der Waals surface area contributed by atoms with Gasteiger partial charge < -0.3 is 19.9 Å². The van der Waals surface area contributed by atoms with Crippen LogP contribution < -0.4 is 10.1 Å². The summed E-state index contributed by atoms with van der Waals surface area (Å²) in [5.74, 6) is 5.75. The van der Waals surface area contributed by atoms with Crippen LogP contribution in [0.2, 0.25) is 0 Å². The van der Waals surface area contributed by atoms with E-state index in [1.807, 2.05) is 20.8 Å². The summed E-state index contributed by atoms with van der Waals surface area (Å²) in [5.41, 5.74) is -0.517. The van der Waals surface area contributed by atoms with Gasteiger partial charge in [-0.3, -0.25) is 4.79 Å². The first kappa shape index (κ1) is 29.8. The first-order valence-electron chi connectivity index (χ1n) is 11.8. The normalized spacial score (nSPS) is 18.0. The molecule has 1 aromatic rings. The van der Waals surface area contributed by atoms with Crippen molar-refractivity contribution in [3.05, 3.63) is 24.3 Å². The van der Waals surface area contributed by atoms with Crippen molar-refractivity contribution in [1.82, 2.24) is 9.62 Å². The van der Waals surface area contributed by atoms with Gasteiger partial charge in [0.15, 0.2) is 0 Å². The zero-order valence-corrected chi connectivity index (χ0v) is 23.1. The van der Waals surface area contributed by atoms with Crippen molar-refractivity contribution >= 4 is 33.8 Å². The second-order valence-electron chi connectivity index (χ2n) is 9.81. The molecule has 0 bridgehead atoms. The molecule has 0 aromatic heterocycles. The van der Waals surface area contributed by atoms with Crippen LogP contribution in [0.5, 0.6) is 5.75 Å². The van der Waals surface area contributed by atoms with Crippen molar-refractivity contribution in [2.75, 3.05) is 25.4 Å². The number of carboxylic acid groups (broad SMARTS) is 1. The van der Waals surface area contributed by atoms with Gasteiger partial charge >= 0.3 is 12.1 Å². The Bertz CT molecular complexity index is 1070. The molecule has 1 saturated heterocycles. The topological polar surface area (TPSA) is 122 Å². The van der Waals surface area contributed by atoms with Crippen molar-refractivity contribution in [2.45, 2.75) is 75.2 Å². The van der Waals surface area contributed by atoms with Crippen LogP contribution in [-0.4, -0.2) is 71.7 Å². The lowest BCUT2D eigenvalue weighted by Crippen LogP contribution is -2.58. The summed E-state index contributed by atoms with van der Waals surface area (Å²) in [6.45, 7) is 9.74. The predicted octanol–water partition coefficient (Wildman–Crippen LogP) is 3.73. The standard InChI is InChI=1S/C25H36N2O7S2/c1-24(2,3)34-23(30)26-15-9-7-6-8-10-17-33-19-11-13-20(14-12-19)36(31,32)27-16-18-35-25(4,5)21(27)22(28)29/h11-14,21H,6-7,9,15-18H2,1-5H3,(H,26,30)(H,28,29)/t21-/m0/s1. The first-order chi connectivity index (χ1) is 16.7. The van der Waals surface area contributed by atoms with Gasteiger partial charge in [-0.05, 0) is 71.7 Å². The molecule has 1 aliphatic rings. The molecule has 0 saturated carbocycles. The fourth-order valence-corrected chi connectivity index (χ4v) is 6.67. The van der Waals surface area contributed by atoms with E-state index < -0.39 is 38.5 Å². The van der Waals surface area contributed by atoms with Crippen LogP contribution in [0, 0.1) is 11.8 Å². The molecule has 1 aliphatic heterocycles. The van der Waals surface area contributed by atoms with Crippen molar-refractivity contribution in [2.24, 2.45) is 0 Å². The average molecular weight is 541 g/mol. The number of alkyl carbamates (subject to hydrolysis) is 1. The second-order valence-corrected chi connectivity index (χ2v) is 13.4. The van der Waals surface area contributed by atoms with E-state index in [2.05, 4.69) is 17.2 Å². The summed E-state index contributed by atoms with van der Waals surface area (Å²) in [5, 5.41) is 12.4. The van der Waals surface area contributed by atoms with Gasteiger partial charge in [-0.2, -0.15) is 16.1 Å². The molecular formula is C25H36N2O7S2. The van der Waals surface area contributed by atoms with Crippen LogP contribution in [0.15, 0.2) is 29.2 Å². The minimum atomic E-state index is -3.98. The summed E-state index contributed by atoms with van der Waals surface area (Å²) in [7, 11) is -3.98. The number of aliphatic carboxylic acids is 1. The lowest BCUT2D eigenvalue weighted by molar-refractivity contribution is -0.142. The Kier molecular flexibility index (Phi) is 10.5. The van der Waals surface area contributed by atoms with Crippen molar-refractivity contribution in [1.29, 1.82) is 0 Å². The zero-order chi connectivity index (χ0) is 27.0. The predicted molar refractivity (Wildman–Crippen MR) is 140 cm³/mol. The van der Waals surface area contributed by atoms with Crippen LogP contribution in [-0.2, 0) is 19.6 Å². The quantitative estimate of drug-likeness (QED) is 0.359. The van der Waals surface area contributed by atoms with Gasteiger partial charge in [0.05, 0.1) is 4.90 Å². The largest absolute Gasteiger partial charge is 0.481 e. The van der Waals surface area contributed by atoms with Gasteiger partial charge in [-0.1, -0.05) is 11.8 Å². The highest BCUT2D eigenvalue weighted by atomic mass is 32.2. The van der Waals surface area contributed by atoms with E-state index in [1.54, 1.807) is 13.8 Å². The Morgan fingerprint density at radius 1 is 1.19 bits per heavy atom. The Labute approximate surface area is 218 Å². The average Bonchev–Trinajstić information content (AvgIpc) is 2.76. The van der Waals surface area contributed by atoms with E-state index in [9.17, 15) is 23.1 Å². The smallest absolute Gasteiger partial charge is 0.407 e. The van der Waals surface area contributed by atoms with Gasteiger partial charge in [0.25, 0.3) is 0 Å². The second kappa shape index (κ2) is 12.7. The number of sulfonamides is 1.